The SMILES string of the molecule is CC1(c2ccc(C(F)(F)F)cc2)NN(CC(O)CN2CCN(c3c(Cl)cccc3NS(C)(=O)=O)CC2)C2=C1CN(S(C)(=O)=O)CC2. The zero-order valence-corrected chi connectivity index (χ0v) is 28.1. The van der Waals surface area contributed by atoms with E-state index in [1.54, 1.807) is 23.2 Å². The van der Waals surface area contributed by atoms with Gasteiger partial charge in [0.25, 0.3) is 0 Å². The number of β-amino-alcohol motifs (C(OH)–C–C–N with tert-alkyl or cyclic N) is 1. The molecule has 46 heavy (non-hydrogen) atoms. The first kappa shape index (κ1) is 34.7. The van der Waals surface area contributed by atoms with Gasteiger partial charge in [-0.2, -0.15) is 17.5 Å². The van der Waals surface area contributed by atoms with E-state index in [2.05, 4.69) is 15.0 Å². The highest BCUT2D eigenvalue weighted by Crippen LogP contribution is 2.43. The minimum atomic E-state index is -4.49. The number of hydrazine groups is 1. The standard InChI is InChI=1S/C29H38ClF3N6O5S2/c1-28(20-7-9-21(10-8-20)29(31,32)33)23-19-38(46(3,43)44)12-11-26(23)39(35-28)18-22(40)17-36-13-15-37(16-14-36)27-24(30)5-4-6-25(27)34-45(2,41)42/h4-10,22,34-35,40H,11-19H2,1-3H3. The quantitative estimate of drug-likeness (QED) is 0.361. The molecule has 2 atom stereocenters. The third-order valence-electron chi connectivity index (χ3n) is 8.66. The molecule has 3 aliphatic heterocycles. The van der Waals surface area contributed by atoms with Crippen LogP contribution in [0.2, 0.25) is 5.02 Å². The minimum Gasteiger partial charge on any atom is -0.390 e. The maximum absolute atomic E-state index is 13.3. The van der Waals surface area contributed by atoms with Gasteiger partial charge in [0.1, 0.15) is 0 Å². The van der Waals surface area contributed by atoms with E-state index in [4.69, 9.17) is 11.6 Å². The number of anilines is 2. The summed E-state index contributed by atoms with van der Waals surface area (Å²) in [6, 6.07) is 9.85. The van der Waals surface area contributed by atoms with Crippen molar-refractivity contribution in [1.29, 1.82) is 0 Å². The number of nitrogens with zero attached hydrogens (tertiary/aromatic N) is 4. The average Bonchev–Trinajstić information content (AvgIpc) is 3.23. The summed E-state index contributed by atoms with van der Waals surface area (Å²) in [6.07, 6.45) is -2.73. The number of hydrogen-bond acceptors (Lipinski definition) is 9. The Kier molecular flexibility index (Phi) is 9.65. The molecule has 1 saturated heterocycles. The zero-order chi connectivity index (χ0) is 33.7. The highest BCUT2D eigenvalue weighted by molar-refractivity contribution is 7.92. The Hall–Kier alpha value is -2.60. The van der Waals surface area contributed by atoms with E-state index in [0.717, 1.165) is 35.9 Å². The Balaban J connectivity index is 1.28. The maximum Gasteiger partial charge on any atom is 0.416 e. The smallest absolute Gasteiger partial charge is 0.390 e. The van der Waals surface area contributed by atoms with Crippen molar-refractivity contribution in [2.45, 2.75) is 31.2 Å². The Morgan fingerprint density at radius 1 is 1.00 bits per heavy atom. The molecule has 3 N–H and O–H groups in total. The summed E-state index contributed by atoms with van der Waals surface area (Å²) in [5.41, 5.74) is 4.68. The lowest BCUT2D eigenvalue weighted by Crippen LogP contribution is -2.52. The first-order chi connectivity index (χ1) is 21.3. The molecule has 0 spiro atoms. The van der Waals surface area contributed by atoms with Gasteiger partial charge in [-0.15, -0.1) is 0 Å². The second-order valence-corrected chi connectivity index (χ2v) is 16.3. The molecular weight excluding hydrogens is 669 g/mol. The van der Waals surface area contributed by atoms with Crippen molar-refractivity contribution >= 4 is 43.0 Å². The molecule has 11 nitrogen and oxygen atoms in total. The fourth-order valence-corrected chi connectivity index (χ4v) is 8.03. The zero-order valence-electron chi connectivity index (χ0n) is 25.7. The summed E-state index contributed by atoms with van der Waals surface area (Å²) in [7, 11) is -7.04. The van der Waals surface area contributed by atoms with Crippen LogP contribution in [0.1, 0.15) is 24.5 Å². The molecule has 0 aliphatic carbocycles. The Labute approximate surface area is 272 Å². The lowest BCUT2D eigenvalue weighted by atomic mass is 9.83. The summed E-state index contributed by atoms with van der Waals surface area (Å²) in [5, 5.41) is 13.4. The van der Waals surface area contributed by atoms with Crippen molar-refractivity contribution in [1.82, 2.24) is 19.6 Å². The molecule has 1 fully saturated rings. The second kappa shape index (κ2) is 12.8. The number of aliphatic hydroxyl groups excluding tert-OH is 1. The van der Waals surface area contributed by atoms with Crippen LogP contribution in [0.15, 0.2) is 53.7 Å². The second-order valence-electron chi connectivity index (χ2n) is 12.1. The number of benzene rings is 2. The van der Waals surface area contributed by atoms with Crippen LogP contribution in [0.4, 0.5) is 24.5 Å². The Bertz CT molecular complexity index is 1700. The number of sulfonamides is 2. The van der Waals surface area contributed by atoms with Crippen molar-refractivity contribution in [3.05, 3.63) is 69.9 Å². The fourth-order valence-electron chi connectivity index (χ4n) is 6.39. The van der Waals surface area contributed by atoms with Gasteiger partial charge in [0, 0.05) is 57.9 Å². The van der Waals surface area contributed by atoms with Gasteiger partial charge in [0.05, 0.1) is 52.7 Å². The molecule has 0 aromatic heterocycles. The Morgan fingerprint density at radius 2 is 1.65 bits per heavy atom. The van der Waals surface area contributed by atoms with E-state index >= 15 is 0 Å². The third-order valence-corrected chi connectivity index (χ3v) is 10.8. The van der Waals surface area contributed by atoms with E-state index in [9.17, 15) is 35.1 Å². The van der Waals surface area contributed by atoms with Crippen LogP contribution >= 0.6 is 11.6 Å². The summed E-state index contributed by atoms with van der Waals surface area (Å²) in [6.45, 7) is 4.87. The van der Waals surface area contributed by atoms with Crippen molar-refractivity contribution < 1.29 is 35.1 Å². The van der Waals surface area contributed by atoms with Crippen molar-refractivity contribution in [2.24, 2.45) is 0 Å². The molecule has 3 aliphatic rings. The predicted octanol–water partition coefficient (Wildman–Crippen LogP) is 2.87. The van der Waals surface area contributed by atoms with E-state index in [0.29, 0.717) is 61.1 Å². The lowest BCUT2D eigenvalue weighted by molar-refractivity contribution is -0.137. The van der Waals surface area contributed by atoms with Gasteiger partial charge in [-0.25, -0.2) is 22.3 Å². The summed E-state index contributed by atoms with van der Waals surface area (Å²) >= 11 is 6.46. The van der Waals surface area contributed by atoms with Gasteiger partial charge >= 0.3 is 6.18 Å². The molecule has 0 radical (unpaired) electrons. The molecule has 3 heterocycles. The molecule has 254 valence electrons. The van der Waals surface area contributed by atoms with E-state index in [1.165, 1.54) is 16.4 Å². The predicted molar refractivity (Wildman–Crippen MR) is 171 cm³/mol. The highest BCUT2D eigenvalue weighted by atomic mass is 35.5. The molecule has 2 aromatic carbocycles. The van der Waals surface area contributed by atoms with Gasteiger partial charge in [-0.1, -0.05) is 29.8 Å². The van der Waals surface area contributed by atoms with Crippen molar-refractivity contribution in [3.8, 4) is 0 Å². The summed E-state index contributed by atoms with van der Waals surface area (Å²) < 4.78 is 92.3. The van der Waals surface area contributed by atoms with Gasteiger partial charge < -0.3 is 15.0 Å². The number of nitrogens with one attached hydrogen (secondary N) is 2. The summed E-state index contributed by atoms with van der Waals surface area (Å²) in [5.74, 6) is 0. The summed E-state index contributed by atoms with van der Waals surface area (Å²) in [4.78, 5) is 4.09. The lowest BCUT2D eigenvalue weighted by Gasteiger charge is -2.38. The molecule has 2 unspecified atom stereocenters. The van der Waals surface area contributed by atoms with Crippen molar-refractivity contribution in [2.75, 3.05) is 74.5 Å². The molecule has 0 saturated carbocycles. The number of hydrogen-bond donors (Lipinski definition) is 3. The molecule has 0 bridgehead atoms. The van der Waals surface area contributed by atoms with Crippen LogP contribution < -0.4 is 15.0 Å². The van der Waals surface area contributed by atoms with Crippen LogP contribution in [0.25, 0.3) is 0 Å². The van der Waals surface area contributed by atoms with Crippen LogP contribution in [-0.2, 0) is 31.8 Å². The van der Waals surface area contributed by atoms with E-state index < -0.39 is 43.4 Å². The van der Waals surface area contributed by atoms with Crippen LogP contribution in [-0.4, -0.2) is 107 Å². The molecule has 2 aromatic rings. The fraction of sp³-hybridized carbons (Fsp3) is 0.517. The topological polar surface area (TPSA) is 126 Å². The van der Waals surface area contributed by atoms with Crippen LogP contribution in [0.3, 0.4) is 0 Å². The third kappa shape index (κ3) is 7.58. The number of piperazine rings is 1. The normalized spacial score (nSPS) is 22.7. The molecule has 0 amide bonds. The van der Waals surface area contributed by atoms with Crippen LogP contribution in [0, 0.1) is 0 Å². The number of halogens is 4. The number of alkyl halides is 3. The minimum absolute atomic E-state index is 0.0749. The van der Waals surface area contributed by atoms with Gasteiger partial charge in [0.2, 0.25) is 20.0 Å². The van der Waals surface area contributed by atoms with Gasteiger partial charge in [0.15, 0.2) is 0 Å². The number of aliphatic hydroxyl groups is 1. The van der Waals surface area contributed by atoms with E-state index in [1.807, 2.05) is 11.8 Å². The molecule has 5 rings (SSSR count). The Morgan fingerprint density at radius 3 is 2.24 bits per heavy atom. The largest absolute Gasteiger partial charge is 0.416 e. The van der Waals surface area contributed by atoms with Gasteiger partial charge in [-0.05, 0) is 42.3 Å². The van der Waals surface area contributed by atoms with Crippen LogP contribution in [0.5, 0.6) is 0 Å². The van der Waals surface area contributed by atoms with E-state index in [-0.39, 0.29) is 19.6 Å². The monoisotopic (exact) mass is 706 g/mol. The molecule has 17 heteroatoms. The maximum atomic E-state index is 13.3. The number of para-hydroxylation sites is 1. The number of rotatable bonds is 9. The van der Waals surface area contributed by atoms with Gasteiger partial charge in [-0.3, -0.25) is 9.62 Å². The first-order valence-corrected chi connectivity index (χ1v) is 18.8. The van der Waals surface area contributed by atoms with Crippen molar-refractivity contribution in [3.63, 3.8) is 0 Å². The first-order valence-electron chi connectivity index (χ1n) is 14.7. The highest BCUT2D eigenvalue weighted by Gasteiger charge is 2.46. The average molecular weight is 707 g/mol. The molecular formula is C29H38ClF3N6O5S2.